The monoisotopic (exact) mass is 320 g/mol. The van der Waals surface area contributed by atoms with Crippen LogP contribution in [-0.4, -0.2) is 29.3 Å². The Hall–Kier alpha value is -1.99. The van der Waals surface area contributed by atoms with Crippen LogP contribution in [0.5, 0.6) is 5.75 Å². The van der Waals surface area contributed by atoms with Crippen molar-refractivity contribution < 1.29 is 9.53 Å². The van der Waals surface area contributed by atoms with Crippen LogP contribution in [0.3, 0.4) is 0 Å². The molecule has 1 heterocycles. The number of anilines is 1. The Morgan fingerprint density at radius 2 is 2.23 bits per heavy atom. The molecule has 0 unspecified atom stereocenters. The Bertz CT molecular complexity index is 628. The maximum Gasteiger partial charge on any atom is 0.241 e. The van der Waals surface area contributed by atoms with Crippen LogP contribution in [-0.2, 0) is 4.79 Å². The fraction of sp³-hybridized carbons (Fsp3) is 0.400. The third-order valence-electron chi connectivity index (χ3n) is 3.12. The first kappa shape index (κ1) is 16.4. The van der Waals surface area contributed by atoms with Crippen molar-refractivity contribution in [3.8, 4) is 16.3 Å². The molecule has 0 aliphatic rings. The van der Waals surface area contributed by atoms with Crippen molar-refractivity contribution in [2.24, 2.45) is 11.7 Å². The normalized spacial score (nSPS) is 12.2. The Kier molecular flexibility index (Phi) is 5.46. The third kappa shape index (κ3) is 4.02. The topological polar surface area (TPSA) is 90.1 Å². The van der Waals surface area contributed by atoms with E-state index in [1.54, 1.807) is 24.8 Å². The molecule has 2 rings (SSSR count). The molecule has 0 aliphatic heterocycles. The average Bonchev–Trinajstić information content (AvgIpc) is 3.00. The lowest BCUT2D eigenvalue weighted by atomic mass is 10.0. The molecule has 2 aromatic rings. The maximum absolute atomic E-state index is 12.1. The van der Waals surface area contributed by atoms with E-state index in [1.807, 2.05) is 19.9 Å². The number of ether oxygens (including phenoxy) is 1. The summed E-state index contributed by atoms with van der Waals surface area (Å²) in [5.74, 6) is 0.807. The second-order valence-electron chi connectivity index (χ2n) is 5.38. The van der Waals surface area contributed by atoms with Gasteiger partial charge in [0.25, 0.3) is 0 Å². The van der Waals surface area contributed by atoms with E-state index in [0.29, 0.717) is 23.8 Å². The summed E-state index contributed by atoms with van der Waals surface area (Å²) in [6, 6.07) is 4.90. The number of hydrogen-bond acceptors (Lipinski definition) is 6. The van der Waals surface area contributed by atoms with E-state index in [1.165, 1.54) is 11.3 Å². The van der Waals surface area contributed by atoms with Crippen molar-refractivity contribution in [3.05, 3.63) is 23.7 Å². The quantitative estimate of drug-likeness (QED) is 0.853. The van der Waals surface area contributed by atoms with Gasteiger partial charge < -0.3 is 15.8 Å². The fourth-order valence-electron chi connectivity index (χ4n) is 2.09. The molecule has 0 spiro atoms. The van der Waals surface area contributed by atoms with Crippen molar-refractivity contribution in [2.45, 2.75) is 26.3 Å². The van der Waals surface area contributed by atoms with Gasteiger partial charge in [-0.3, -0.25) is 4.79 Å². The van der Waals surface area contributed by atoms with Crippen LogP contribution in [0.4, 0.5) is 5.69 Å². The van der Waals surface area contributed by atoms with Crippen LogP contribution in [0.2, 0.25) is 0 Å². The summed E-state index contributed by atoms with van der Waals surface area (Å²) in [6.07, 6.45) is 0.645. The first-order valence-electron chi connectivity index (χ1n) is 7.02. The molecular weight excluding hydrogens is 300 g/mol. The number of carbonyl (C=O) groups excluding carboxylic acids is 1. The van der Waals surface area contributed by atoms with E-state index >= 15 is 0 Å². The van der Waals surface area contributed by atoms with E-state index in [0.717, 1.165) is 10.6 Å². The lowest BCUT2D eigenvalue weighted by Crippen LogP contribution is -2.36. The van der Waals surface area contributed by atoms with E-state index in [4.69, 9.17) is 10.5 Å². The number of aromatic nitrogens is 2. The van der Waals surface area contributed by atoms with E-state index < -0.39 is 6.04 Å². The van der Waals surface area contributed by atoms with Crippen LogP contribution in [0, 0.1) is 5.92 Å². The van der Waals surface area contributed by atoms with Gasteiger partial charge in [-0.2, -0.15) is 0 Å². The lowest BCUT2D eigenvalue weighted by Gasteiger charge is -2.15. The van der Waals surface area contributed by atoms with Gasteiger partial charge in [0.05, 0.1) is 18.7 Å². The summed E-state index contributed by atoms with van der Waals surface area (Å²) in [7, 11) is 1.58. The summed E-state index contributed by atoms with van der Waals surface area (Å²) in [4.78, 5) is 12.1. The smallest absolute Gasteiger partial charge is 0.241 e. The Morgan fingerprint density at radius 1 is 1.45 bits per heavy atom. The summed E-state index contributed by atoms with van der Waals surface area (Å²) >= 11 is 1.43. The Balaban J connectivity index is 2.15. The zero-order valence-corrected chi connectivity index (χ0v) is 13.7. The number of methoxy groups -OCH3 is 1. The molecule has 0 bridgehead atoms. The summed E-state index contributed by atoms with van der Waals surface area (Å²) in [5, 5.41) is 11.4. The molecule has 3 N–H and O–H groups in total. The molecular formula is C15H20N4O2S. The molecule has 118 valence electrons. The van der Waals surface area contributed by atoms with Crippen LogP contribution < -0.4 is 15.8 Å². The maximum atomic E-state index is 12.1. The molecule has 22 heavy (non-hydrogen) atoms. The molecule has 7 heteroatoms. The third-order valence-corrected chi connectivity index (χ3v) is 3.85. The molecule has 0 saturated carbocycles. The number of hydrogen-bond donors (Lipinski definition) is 2. The first-order chi connectivity index (χ1) is 10.5. The minimum absolute atomic E-state index is 0.195. The number of benzene rings is 1. The van der Waals surface area contributed by atoms with E-state index in [2.05, 4.69) is 15.5 Å². The molecule has 1 aromatic carbocycles. The highest BCUT2D eigenvalue weighted by atomic mass is 32.1. The van der Waals surface area contributed by atoms with Crippen molar-refractivity contribution in [1.82, 2.24) is 10.2 Å². The zero-order valence-electron chi connectivity index (χ0n) is 12.9. The number of nitrogens with zero attached hydrogens (tertiary/aromatic N) is 2. The van der Waals surface area contributed by atoms with Crippen molar-refractivity contribution >= 4 is 22.9 Å². The van der Waals surface area contributed by atoms with Gasteiger partial charge in [-0.25, -0.2) is 0 Å². The molecule has 0 saturated heterocycles. The van der Waals surface area contributed by atoms with E-state index in [-0.39, 0.29) is 5.91 Å². The van der Waals surface area contributed by atoms with Crippen LogP contribution in [0.1, 0.15) is 20.3 Å². The lowest BCUT2D eigenvalue weighted by molar-refractivity contribution is -0.117. The van der Waals surface area contributed by atoms with Crippen LogP contribution in [0.25, 0.3) is 10.6 Å². The number of nitrogens with one attached hydrogen (secondary N) is 1. The number of rotatable bonds is 6. The van der Waals surface area contributed by atoms with Gasteiger partial charge in [0, 0.05) is 11.8 Å². The molecule has 1 amide bonds. The molecule has 0 radical (unpaired) electrons. The fourth-order valence-corrected chi connectivity index (χ4v) is 2.67. The number of amides is 1. The van der Waals surface area contributed by atoms with Gasteiger partial charge >= 0.3 is 0 Å². The number of carbonyl (C=O) groups is 1. The van der Waals surface area contributed by atoms with Crippen molar-refractivity contribution in [3.63, 3.8) is 0 Å². The molecule has 6 nitrogen and oxygen atoms in total. The highest BCUT2D eigenvalue weighted by Crippen LogP contribution is 2.33. The summed E-state index contributed by atoms with van der Waals surface area (Å²) in [5.41, 5.74) is 9.04. The average molecular weight is 320 g/mol. The molecule has 0 fully saturated rings. The van der Waals surface area contributed by atoms with Crippen molar-refractivity contribution in [1.29, 1.82) is 0 Å². The van der Waals surface area contributed by atoms with Gasteiger partial charge in [0.15, 0.2) is 5.01 Å². The largest absolute Gasteiger partial charge is 0.496 e. The highest BCUT2D eigenvalue weighted by Gasteiger charge is 2.16. The molecule has 0 aliphatic carbocycles. The minimum Gasteiger partial charge on any atom is -0.496 e. The predicted molar refractivity (Wildman–Crippen MR) is 88.0 cm³/mol. The second kappa shape index (κ2) is 7.33. The molecule has 1 aromatic heterocycles. The van der Waals surface area contributed by atoms with Crippen LogP contribution >= 0.6 is 11.3 Å². The van der Waals surface area contributed by atoms with Crippen molar-refractivity contribution in [2.75, 3.05) is 12.4 Å². The van der Waals surface area contributed by atoms with Gasteiger partial charge in [0.2, 0.25) is 5.91 Å². The van der Waals surface area contributed by atoms with Gasteiger partial charge in [0.1, 0.15) is 11.3 Å². The molecule has 1 atom stereocenters. The van der Waals surface area contributed by atoms with Gasteiger partial charge in [-0.1, -0.05) is 25.2 Å². The minimum atomic E-state index is -0.520. The highest BCUT2D eigenvalue weighted by molar-refractivity contribution is 7.12. The Morgan fingerprint density at radius 3 is 2.82 bits per heavy atom. The van der Waals surface area contributed by atoms with Gasteiger partial charge in [-0.15, -0.1) is 10.2 Å². The van der Waals surface area contributed by atoms with Crippen LogP contribution in [0.15, 0.2) is 23.7 Å². The Labute approximate surface area is 133 Å². The second-order valence-corrected chi connectivity index (χ2v) is 6.22. The van der Waals surface area contributed by atoms with E-state index in [9.17, 15) is 4.79 Å². The first-order valence-corrected chi connectivity index (χ1v) is 7.90. The standard InChI is InChI=1S/C15H20N4O2S/c1-9(2)6-12(16)14(20)18-10-4-5-11(13(7-10)21-3)15-19-17-8-22-15/h4-5,7-9,12H,6,16H2,1-3H3,(H,18,20)/t12-/m1/s1. The number of nitrogens with two attached hydrogens (primary N) is 1. The zero-order chi connectivity index (χ0) is 16.1. The SMILES string of the molecule is COc1cc(NC(=O)[C@H](N)CC(C)C)ccc1-c1nncs1. The van der Waals surface area contributed by atoms with Gasteiger partial charge in [-0.05, 0) is 24.5 Å². The summed E-state index contributed by atoms with van der Waals surface area (Å²) in [6.45, 7) is 4.07. The predicted octanol–water partition coefficient (Wildman–Crippen LogP) is 2.53. The summed E-state index contributed by atoms with van der Waals surface area (Å²) < 4.78 is 5.37.